The second-order valence-corrected chi connectivity index (χ2v) is 2.54. The number of halogens is 3. The van der Waals surface area contributed by atoms with Gasteiger partial charge in [0.1, 0.15) is 5.15 Å². The van der Waals surface area contributed by atoms with Crippen molar-refractivity contribution in [1.82, 2.24) is 4.98 Å². The number of nitrogens with zero attached hydrogens (tertiary/aromatic N) is 2. The molecule has 0 saturated heterocycles. The molecule has 0 fully saturated rings. The Labute approximate surface area is 79.3 Å². The minimum atomic E-state index is 0.240. The SMILES string of the molecule is C#N.Clc1ccnc(Cl)c1Cl. The first-order valence-electron chi connectivity index (χ1n) is 2.43. The zero-order chi connectivity index (χ0) is 8.85. The lowest BCUT2D eigenvalue weighted by atomic mass is 10.5. The van der Waals surface area contributed by atoms with Crippen LogP contribution in [-0.4, -0.2) is 4.98 Å². The van der Waals surface area contributed by atoms with Crippen molar-refractivity contribution in [3.05, 3.63) is 27.5 Å². The molecule has 0 atom stereocenters. The monoisotopic (exact) mass is 208 g/mol. The van der Waals surface area contributed by atoms with Crippen LogP contribution >= 0.6 is 34.8 Å². The van der Waals surface area contributed by atoms with E-state index in [0.717, 1.165) is 0 Å². The van der Waals surface area contributed by atoms with E-state index in [0.29, 0.717) is 10.0 Å². The summed E-state index contributed by atoms with van der Waals surface area (Å²) in [7, 11) is 0. The van der Waals surface area contributed by atoms with Crippen molar-refractivity contribution in [2.45, 2.75) is 0 Å². The summed E-state index contributed by atoms with van der Waals surface area (Å²) < 4.78 is 0. The van der Waals surface area contributed by atoms with E-state index in [9.17, 15) is 0 Å². The van der Waals surface area contributed by atoms with Crippen molar-refractivity contribution in [3.8, 4) is 6.57 Å². The van der Waals surface area contributed by atoms with Gasteiger partial charge in [0.2, 0.25) is 0 Å². The number of hydrogen-bond acceptors (Lipinski definition) is 2. The summed E-state index contributed by atoms with van der Waals surface area (Å²) in [6, 6.07) is 1.58. The molecule has 0 bridgehead atoms. The van der Waals surface area contributed by atoms with Gasteiger partial charge in [0, 0.05) is 12.8 Å². The van der Waals surface area contributed by atoms with Crippen molar-refractivity contribution < 1.29 is 0 Å². The average Bonchev–Trinajstić information content (AvgIpc) is 2.04. The highest BCUT2D eigenvalue weighted by Gasteiger charge is 2.00. The summed E-state index contributed by atoms with van der Waals surface area (Å²) in [6.45, 7) is 3.50. The van der Waals surface area contributed by atoms with Crippen molar-refractivity contribution >= 4 is 34.8 Å². The van der Waals surface area contributed by atoms with Crippen molar-refractivity contribution in [3.63, 3.8) is 0 Å². The highest BCUT2D eigenvalue weighted by Crippen LogP contribution is 2.26. The molecule has 5 heteroatoms. The predicted octanol–water partition coefficient (Wildman–Crippen LogP) is 3.18. The van der Waals surface area contributed by atoms with Crippen LogP contribution in [0.1, 0.15) is 0 Å². The number of aromatic nitrogens is 1. The average molecular weight is 209 g/mol. The highest BCUT2D eigenvalue weighted by molar-refractivity contribution is 6.47. The lowest BCUT2D eigenvalue weighted by molar-refractivity contribution is 1.33. The van der Waals surface area contributed by atoms with Crippen molar-refractivity contribution in [2.24, 2.45) is 0 Å². The van der Waals surface area contributed by atoms with Gasteiger partial charge in [-0.1, -0.05) is 34.8 Å². The third kappa shape index (κ3) is 2.94. The largest absolute Gasteiger partial charge is 0.243 e. The molecule has 0 amide bonds. The van der Waals surface area contributed by atoms with Crippen molar-refractivity contribution in [2.75, 3.05) is 0 Å². The Morgan fingerprint density at radius 3 is 2.18 bits per heavy atom. The van der Waals surface area contributed by atoms with E-state index < -0.39 is 0 Å². The topological polar surface area (TPSA) is 36.7 Å². The first kappa shape index (κ1) is 10.5. The first-order valence-corrected chi connectivity index (χ1v) is 3.56. The third-order valence-corrected chi connectivity index (χ3v) is 1.98. The molecular weight excluding hydrogens is 206 g/mol. The van der Waals surface area contributed by atoms with Gasteiger partial charge in [0.05, 0.1) is 10.0 Å². The summed E-state index contributed by atoms with van der Waals surface area (Å²) in [6.07, 6.45) is 1.50. The van der Waals surface area contributed by atoms with Gasteiger partial charge in [-0.3, -0.25) is 0 Å². The molecule has 2 nitrogen and oxygen atoms in total. The van der Waals surface area contributed by atoms with Gasteiger partial charge in [0.15, 0.2) is 0 Å². The minimum Gasteiger partial charge on any atom is -0.243 e. The molecule has 0 saturated carbocycles. The second-order valence-electron chi connectivity index (χ2n) is 1.40. The molecule has 1 heterocycles. The van der Waals surface area contributed by atoms with Crippen LogP contribution in [0.2, 0.25) is 15.2 Å². The van der Waals surface area contributed by atoms with Gasteiger partial charge in [-0.05, 0) is 6.07 Å². The lowest BCUT2D eigenvalue weighted by Crippen LogP contribution is -1.74. The fourth-order valence-corrected chi connectivity index (χ4v) is 0.861. The quantitative estimate of drug-likeness (QED) is 0.615. The van der Waals surface area contributed by atoms with E-state index >= 15 is 0 Å². The second kappa shape index (κ2) is 5.20. The molecule has 0 spiro atoms. The summed E-state index contributed by atoms with van der Waals surface area (Å²) in [5.74, 6) is 0. The normalized spacial score (nSPS) is 8.09. The Hall–Kier alpha value is -0.490. The maximum Gasteiger partial charge on any atom is 0.149 e. The van der Waals surface area contributed by atoms with E-state index in [2.05, 4.69) is 11.6 Å². The Morgan fingerprint density at radius 2 is 1.82 bits per heavy atom. The standard InChI is InChI=1S/C5H2Cl3N.CHN/c6-3-1-2-9-5(8)4(3)7;1-2/h1-2H;1H. The Balaban J connectivity index is 0.000000461. The number of hydrogen-bond donors (Lipinski definition) is 0. The van der Waals surface area contributed by atoms with Crippen molar-refractivity contribution in [1.29, 1.82) is 5.26 Å². The summed E-state index contributed by atoms with van der Waals surface area (Å²) in [5, 5.41) is 7.47. The number of nitriles is 1. The highest BCUT2D eigenvalue weighted by atomic mass is 35.5. The molecule has 1 rings (SSSR count). The molecule has 0 radical (unpaired) electrons. The van der Waals surface area contributed by atoms with Gasteiger partial charge in [-0.25, -0.2) is 10.2 Å². The zero-order valence-electron chi connectivity index (χ0n) is 5.26. The van der Waals surface area contributed by atoms with Gasteiger partial charge in [-0.2, -0.15) is 0 Å². The molecule has 11 heavy (non-hydrogen) atoms. The Morgan fingerprint density at radius 1 is 1.27 bits per heavy atom. The molecule has 0 aliphatic rings. The molecule has 0 unspecified atom stereocenters. The smallest absolute Gasteiger partial charge is 0.149 e. The molecular formula is C6H3Cl3N2. The van der Waals surface area contributed by atoms with Crippen LogP contribution in [0.15, 0.2) is 12.3 Å². The van der Waals surface area contributed by atoms with Crippen LogP contribution in [0.3, 0.4) is 0 Å². The molecule has 1 aromatic rings. The number of pyridine rings is 1. The summed E-state index contributed by atoms with van der Waals surface area (Å²) in [5.41, 5.74) is 0. The molecule has 0 aliphatic heterocycles. The predicted molar refractivity (Wildman–Crippen MR) is 45.9 cm³/mol. The molecule has 1 aromatic heterocycles. The van der Waals surface area contributed by atoms with Crippen LogP contribution in [-0.2, 0) is 0 Å². The van der Waals surface area contributed by atoms with E-state index in [1.165, 1.54) is 6.20 Å². The fourth-order valence-electron chi connectivity index (χ4n) is 0.397. The van der Waals surface area contributed by atoms with E-state index in [4.69, 9.17) is 40.1 Å². The van der Waals surface area contributed by atoms with Gasteiger partial charge >= 0.3 is 0 Å². The third-order valence-electron chi connectivity index (χ3n) is 0.800. The van der Waals surface area contributed by atoms with Crippen LogP contribution in [0.4, 0.5) is 0 Å². The summed E-state index contributed by atoms with van der Waals surface area (Å²) in [4.78, 5) is 3.69. The van der Waals surface area contributed by atoms with Crippen LogP contribution in [0, 0.1) is 11.8 Å². The summed E-state index contributed by atoms with van der Waals surface area (Å²) >= 11 is 16.6. The fraction of sp³-hybridized carbons (Fsp3) is 0. The minimum absolute atomic E-state index is 0.240. The molecule has 58 valence electrons. The first-order chi connectivity index (χ1) is 5.22. The molecule has 0 aliphatic carbocycles. The van der Waals surface area contributed by atoms with Crippen LogP contribution < -0.4 is 0 Å². The van der Waals surface area contributed by atoms with E-state index in [-0.39, 0.29) is 5.15 Å². The van der Waals surface area contributed by atoms with Gasteiger partial charge in [-0.15, -0.1) is 0 Å². The Kier molecular flexibility index (Phi) is 4.97. The Bertz CT molecular complexity index is 239. The van der Waals surface area contributed by atoms with Gasteiger partial charge < -0.3 is 0 Å². The van der Waals surface area contributed by atoms with E-state index in [1.807, 2.05) is 0 Å². The molecule has 0 aromatic carbocycles. The van der Waals surface area contributed by atoms with Crippen LogP contribution in [0.5, 0.6) is 0 Å². The maximum atomic E-state index is 6.50. The van der Waals surface area contributed by atoms with Gasteiger partial charge in [0.25, 0.3) is 0 Å². The van der Waals surface area contributed by atoms with E-state index in [1.54, 1.807) is 6.07 Å². The lowest BCUT2D eigenvalue weighted by Gasteiger charge is -1.93. The maximum absolute atomic E-state index is 6.50. The molecule has 0 N–H and O–H groups in total. The zero-order valence-corrected chi connectivity index (χ0v) is 7.53. The number of rotatable bonds is 0. The van der Waals surface area contributed by atoms with Crippen LogP contribution in [0.25, 0.3) is 0 Å².